The molecule has 3 amide bonds. The van der Waals surface area contributed by atoms with Gasteiger partial charge in [0.25, 0.3) is 0 Å². The third kappa shape index (κ3) is 11.1. The summed E-state index contributed by atoms with van der Waals surface area (Å²) in [5.41, 5.74) is 5.69. The molecule has 0 aliphatic carbocycles. The highest BCUT2D eigenvalue weighted by molar-refractivity contribution is 7.98. The van der Waals surface area contributed by atoms with Crippen LogP contribution in [0.25, 0.3) is 0 Å². The Morgan fingerprint density at radius 3 is 2.00 bits per heavy atom. The molecule has 0 aromatic carbocycles. The zero-order valence-corrected chi connectivity index (χ0v) is 20.7. The Morgan fingerprint density at radius 1 is 1.00 bits per heavy atom. The highest BCUT2D eigenvalue weighted by Crippen LogP contribution is 2.11. The lowest BCUT2D eigenvalue weighted by molar-refractivity contribution is -0.143. The lowest BCUT2D eigenvalue weighted by Gasteiger charge is -2.27. The van der Waals surface area contributed by atoms with Gasteiger partial charge in [0.1, 0.15) is 18.1 Å². The summed E-state index contributed by atoms with van der Waals surface area (Å²) in [4.78, 5) is 49.5. The van der Waals surface area contributed by atoms with Crippen molar-refractivity contribution < 1.29 is 24.3 Å². The fourth-order valence-corrected chi connectivity index (χ4v) is 3.42. The van der Waals surface area contributed by atoms with Crippen LogP contribution in [0, 0.1) is 11.8 Å². The third-order valence-corrected chi connectivity index (χ3v) is 5.93. The van der Waals surface area contributed by atoms with E-state index in [1.54, 1.807) is 6.92 Å². The monoisotopic (exact) mass is 478 g/mol. The lowest BCUT2D eigenvalue weighted by atomic mass is 9.98. The van der Waals surface area contributed by atoms with E-state index in [0.717, 1.165) is 0 Å². The fourth-order valence-electron chi connectivity index (χ4n) is 2.78. The molecule has 0 rings (SSSR count). The van der Waals surface area contributed by atoms with E-state index in [-0.39, 0.29) is 17.6 Å². The average molecular weight is 479 g/mol. The average Bonchev–Trinajstić information content (AvgIpc) is 2.71. The molecular formula is C20H38N4O5S2. The number of carboxylic acid groups (broad SMARTS) is 1. The van der Waals surface area contributed by atoms with Crippen molar-refractivity contribution in [2.45, 2.75) is 71.1 Å². The molecule has 0 heterocycles. The molecule has 0 aromatic rings. The van der Waals surface area contributed by atoms with Crippen LogP contribution >= 0.6 is 24.4 Å². The number of carbonyl (C=O) groups excluding carboxylic acids is 3. The smallest absolute Gasteiger partial charge is 0.326 e. The van der Waals surface area contributed by atoms with Crippen molar-refractivity contribution in [1.29, 1.82) is 0 Å². The van der Waals surface area contributed by atoms with Crippen molar-refractivity contribution in [1.82, 2.24) is 16.0 Å². The first-order valence-corrected chi connectivity index (χ1v) is 12.5. The SMILES string of the molecule is CCC(C)C(NC(=O)C(CCSC)NC(=O)C(CC(C)C)NC(=O)C(N)CS)C(=O)O. The molecule has 5 unspecified atom stereocenters. The minimum atomic E-state index is -1.12. The van der Waals surface area contributed by atoms with Gasteiger partial charge in [0.15, 0.2) is 0 Å². The first-order valence-electron chi connectivity index (χ1n) is 10.5. The van der Waals surface area contributed by atoms with Gasteiger partial charge < -0.3 is 26.8 Å². The number of carboxylic acids is 1. The third-order valence-electron chi connectivity index (χ3n) is 4.89. The molecule has 0 aromatic heterocycles. The summed E-state index contributed by atoms with van der Waals surface area (Å²) in [6.45, 7) is 7.40. The Bertz CT molecular complexity index is 606. The van der Waals surface area contributed by atoms with Crippen molar-refractivity contribution in [3.63, 3.8) is 0 Å². The molecule has 0 bridgehead atoms. The van der Waals surface area contributed by atoms with Crippen molar-refractivity contribution in [2.75, 3.05) is 17.8 Å². The van der Waals surface area contributed by atoms with Crippen molar-refractivity contribution >= 4 is 48.1 Å². The summed E-state index contributed by atoms with van der Waals surface area (Å²) in [6.07, 6.45) is 3.13. The maximum Gasteiger partial charge on any atom is 0.326 e. The molecule has 0 fully saturated rings. The standard InChI is InChI=1S/C20H38N4O5S2/c1-6-12(4)16(20(28)29)24-18(26)14(7-8-31-5)22-19(27)15(9-11(2)3)23-17(25)13(21)10-30/h11-16,30H,6-10,21H2,1-5H3,(H,22,27)(H,23,25)(H,24,26)(H,28,29). The second kappa shape index (κ2) is 15.4. The molecule has 0 saturated heterocycles. The van der Waals surface area contributed by atoms with Gasteiger partial charge in [0.05, 0.1) is 6.04 Å². The number of rotatable bonds is 15. The zero-order valence-electron chi connectivity index (χ0n) is 19.0. The van der Waals surface area contributed by atoms with E-state index in [4.69, 9.17) is 5.73 Å². The minimum Gasteiger partial charge on any atom is -0.480 e. The van der Waals surface area contributed by atoms with Gasteiger partial charge in [0.2, 0.25) is 17.7 Å². The molecule has 0 spiro atoms. The first-order chi connectivity index (χ1) is 14.5. The van der Waals surface area contributed by atoms with E-state index in [1.165, 1.54) is 11.8 Å². The normalized spacial score (nSPS) is 16.0. The quantitative estimate of drug-likeness (QED) is 0.189. The number of hydrogen-bond donors (Lipinski definition) is 6. The van der Waals surface area contributed by atoms with Crippen molar-refractivity contribution in [2.24, 2.45) is 17.6 Å². The number of carbonyl (C=O) groups is 4. The van der Waals surface area contributed by atoms with Crippen LogP contribution in [0.4, 0.5) is 0 Å². The molecule has 0 saturated carbocycles. The highest BCUT2D eigenvalue weighted by atomic mass is 32.2. The molecule has 0 aliphatic rings. The Morgan fingerprint density at radius 2 is 1.55 bits per heavy atom. The predicted octanol–water partition coefficient (Wildman–Crippen LogP) is 0.628. The number of thioether (sulfide) groups is 1. The van der Waals surface area contributed by atoms with Crippen LogP contribution in [0.15, 0.2) is 0 Å². The van der Waals surface area contributed by atoms with Crippen LogP contribution in [-0.4, -0.2) is 70.7 Å². The summed E-state index contributed by atoms with van der Waals surface area (Å²) in [7, 11) is 0. The number of nitrogens with two attached hydrogens (primary N) is 1. The van der Waals surface area contributed by atoms with Gasteiger partial charge in [-0.3, -0.25) is 14.4 Å². The minimum absolute atomic E-state index is 0.101. The molecule has 11 heteroatoms. The lowest BCUT2D eigenvalue weighted by Crippen LogP contribution is -2.58. The number of hydrogen-bond acceptors (Lipinski definition) is 7. The van der Waals surface area contributed by atoms with E-state index in [2.05, 4.69) is 28.6 Å². The Hall–Kier alpha value is -1.46. The molecule has 180 valence electrons. The number of amides is 3. The van der Waals surface area contributed by atoms with E-state index in [0.29, 0.717) is 25.0 Å². The second-order valence-corrected chi connectivity index (χ2v) is 9.38. The van der Waals surface area contributed by atoms with Crippen LogP contribution in [0.3, 0.4) is 0 Å². The van der Waals surface area contributed by atoms with Gasteiger partial charge >= 0.3 is 5.97 Å². The highest BCUT2D eigenvalue weighted by Gasteiger charge is 2.31. The summed E-state index contributed by atoms with van der Waals surface area (Å²) in [5, 5.41) is 17.3. The van der Waals surface area contributed by atoms with E-state index < -0.39 is 47.9 Å². The summed E-state index contributed by atoms with van der Waals surface area (Å²) < 4.78 is 0. The maximum absolute atomic E-state index is 12.9. The van der Waals surface area contributed by atoms with Gasteiger partial charge in [-0.25, -0.2) is 4.79 Å². The fraction of sp³-hybridized carbons (Fsp3) is 0.800. The molecule has 0 aliphatic heterocycles. The summed E-state index contributed by atoms with van der Waals surface area (Å²) in [6, 6.07) is -3.69. The van der Waals surface area contributed by atoms with Crippen LogP contribution in [-0.2, 0) is 19.2 Å². The predicted molar refractivity (Wildman–Crippen MR) is 127 cm³/mol. The largest absolute Gasteiger partial charge is 0.480 e. The number of nitrogens with one attached hydrogen (secondary N) is 3. The number of thiol groups is 1. The topological polar surface area (TPSA) is 151 Å². The summed E-state index contributed by atoms with van der Waals surface area (Å²) in [5.74, 6) is -2.13. The molecule has 5 atom stereocenters. The Labute approximate surface area is 194 Å². The summed E-state index contributed by atoms with van der Waals surface area (Å²) >= 11 is 5.51. The van der Waals surface area contributed by atoms with Gasteiger partial charge in [-0.05, 0) is 36.7 Å². The van der Waals surface area contributed by atoms with Gasteiger partial charge in [0, 0.05) is 5.75 Å². The zero-order chi connectivity index (χ0) is 24.1. The van der Waals surface area contributed by atoms with Gasteiger partial charge in [-0.2, -0.15) is 24.4 Å². The van der Waals surface area contributed by atoms with Crippen molar-refractivity contribution in [3.8, 4) is 0 Å². The first kappa shape index (κ1) is 29.5. The van der Waals surface area contributed by atoms with Crippen LogP contribution in [0.1, 0.15) is 47.0 Å². The second-order valence-electron chi connectivity index (χ2n) is 8.03. The molecular weight excluding hydrogens is 440 g/mol. The van der Waals surface area contributed by atoms with Gasteiger partial charge in [-0.15, -0.1) is 0 Å². The number of aliphatic carboxylic acids is 1. The Kier molecular flexibility index (Phi) is 14.6. The molecule has 6 N–H and O–H groups in total. The molecule has 9 nitrogen and oxygen atoms in total. The van der Waals surface area contributed by atoms with Gasteiger partial charge in [-0.1, -0.05) is 34.1 Å². The maximum atomic E-state index is 12.9. The molecule has 0 radical (unpaired) electrons. The van der Waals surface area contributed by atoms with Crippen molar-refractivity contribution in [3.05, 3.63) is 0 Å². The van der Waals surface area contributed by atoms with E-state index >= 15 is 0 Å². The van der Waals surface area contributed by atoms with Crippen LogP contribution in [0.2, 0.25) is 0 Å². The van der Waals surface area contributed by atoms with E-state index in [1.807, 2.05) is 27.0 Å². The van der Waals surface area contributed by atoms with E-state index in [9.17, 15) is 24.3 Å². The Balaban J connectivity index is 5.46. The van der Waals surface area contributed by atoms with Crippen LogP contribution < -0.4 is 21.7 Å². The van der Waals surface area contributed by atoms with Crippen LogP contribution in [0.5, 0.6) is 0 Å². The molecule has 31 heavy (non-hydrogen) atoms.